The second-order valence-corrected chi connectivity index (χ2v) is 6.96. The lowest BCUT2D eigenvalue weighted by Gasteiger charge is -2.27. The van der Waals surface area contributed by atoms with E-state index < -0.39 is 0 Å². The van der Waals surface area contributed by atoms with Crippen LogP contribution in [0, 0.1) is 5.92 Å². The summed E-state index contributed by atoms with van der Waals surface area (Å²) in [5.74, 6) is 1.55. The Bertz CT molecular complexity index is 181. The van der Waals surface area contributed by atoms with E-state index >= 15 is 0 Å². The fraction of sp³-hybridized carbons (Fsp3) is 1.00. The molecule has 96 valence electrons. The molecule has 0 radical (unpaired) electrons. The minimum absolute atomic E-state index is 0.0191. The molecule has 0 spiro atoms. The van der Waals surface area contributed by atoms with Crippen LogP contribution in [0.3, 0.4) is 0 Å². The molecule has 0 aromatic carbocycles. The van der Waals surface area contributed by atoms with Gasteiger partial charge in [-0.05, 0) is 17.6 Å². The van der Waals surface area contributed by atoms with Crippen molar-refractivity contribution in [3.05, 3.63) is 0 Å². The third-order valence-electron chi connectivity index (χ3n) is 3.42. The summed E-state index contributed by atoms with van der Waals surface area (Å²) in [5, 5.41) is 10.5. The van der Waals surface area contributed by atoms with Crippen molar-refractivity contribution >= 4 is 11.8 Å². The van der Waals surface area contributed by atoms with Crippen LogP contribution in [0.15, 0.2) is 0 Å². The Balaban J connectivity index is 2.19. The predicted octanol–water partition coefficient (Wildman–Crippen LogP) is 2.79. The summed E-state index contributed by atoms with van der Waals surface area (Å²) in [4.78, 5) is 0. The lowest BCUT2D eigenvalue weighted by Crippen LogP contribution is -2.38. The number of aliphatic hydroxyl groups excluding tert-OH is 1. The number of nitrogens with two attached hydrogens (primary N) is 1. The Morgan fingerprint density at radius 2 is 1.88 bits per heavy atom. The molecule has 1 aliphatic carbocycles. The number of rotatable bonds is 6. The zero-order valence-electron chi connectivity index (χ0n) is 10.7. The Morgan fingerprint density at radius 1 is 1.25 bits per heavy atom. The van der Waals surface area contributed by atoms with E-state index in [4.69, 9.17) is 5.73 Å². The van der Waals surface area contributed by atoms with Crippen LogP contribution in [0.2, 0.25) is 0 Å². The minimum Gasteiger partial charge on any atom is -0.391 e. The van der Waals surface area contributed by atoms with Crippen molar-refractivity contribution in [2.45, 2.75) is 69.8 Å². The van der Waals surface area contributed by atoms with Crippen LogP contribution < -0.4 is 5.73 Å². The number of hydrogen-bond acceptors (Lipinski definition) is 3. The molecule has 1 saturated carbocycles. The van der Waals surface area contributed by atoms with E-state index in [1.807, 2.05) is 0 Å². The van der Waals surface area contributed by atoms with Crippen molar-refractivity contribution in [1.29, 1.82) is 0 Å². The van der Waals surface area contributed by atoms with Gasteiger partial charge in [-0.2, -0.15) is 11.8 Å². The topological polar surface area (TPSA) is 46.2 Å². The third-order valence-corrected chi connectivity index (χ3v) is 4.63. The molecule has 1 rings (SSSR count). The summed E-state index contributed by atoms with van der Waals surface area (Å²) in [6.07, 6.45) is 7.42. The monoisotopic (exact) mass is 245 g/mol. The molecule has 3 N–H and O–H groups in total. The summed E-state index contributed by atoms with van der Waals surface area (Å²) in [6, 6.07) is -0.0191. The van der Waals surface area contributed by atoms with Gasteiger partial charge in [0.25, 0.3) is 0 Å². The highest BCUT2D eigenvalue weighted by Crippen LogP contribution is 2.28. The van der Waals surface area contributed by atoms with Gasteiger partial charge in [0.2, 0.25) is 0 Å². The van der Waals surface area contributed by atoms with Gasteiger partial charge in [-0.3, -0.25) is 0 Å². The first-order valence-corrected chi connectivity index (χ1v) is 7.69. The van der Waals surface area contributed by atoms with Gasteiger partial charge in [0.05, 0.1) is 6.10 Å². The normalized spacial score (nSPS) is 22.3. The molecule has 0 heterocycles. The van der Waals surface area contributed by atoms with Crippen molar-refractivity contribution in [2.24, 2.45) is 11.7 Å². The van der Waals surface area contributed by atoms with E-state index in [0.29, 0.717) is 5.25 Å². The lowest BCUT2D eigenvalue weighted by molar-refractivity contribution is 0.147. The fourth-order valence-corrected chi connectivity index (χ4v) is 3.21. The maximum Gasteiger partial charge on any atom is 0.0781 e. The van der Waals surface area contributed by atoms with E-state index in [-0.39, 0.29) is 12.1 Å². The standard InChI is InChI=1S/C13H27NOS/c1-10(2)16-9-13(15)12(14)8-11-6-4-3-5-7-11/h10-13,15H,3-9,14H2,1-2H3/t12?,13-/m0/s1. The Kier molecular flexibility index (Phi) is 6.78. The highest BCUT2D eigenvalue weighted by atomic mass is 32.2. The third kappa shape index (κ3) is 5.55. The smallest absolute Gasteiger partial charge is 0.0781 e. The molecule has 0 aliphatic heterocycles. The van der Waals surface area contributed by atoms with Crippen molar-refractivity contribution in [1.82, 2.24) is 0 Å². The average molecular weight is 245 g/mol. The zero-order valence-corrected chi connectivity index (χ0v) is 11.5. The molecule has 0 aromatic rings. The van der Waals surface area contributed by atoms with Gasteiger partial charge in [0.1, 0.15) is 0 Å². The van der Waals surface area contributed by atoms with Gasteiger partial charge >= 0.3 is 0 Å². The van der Waals surface area contributed by atoms with Crippen LogP contribution in [0.1, 0.15) is 52.4 Å². The summed E-state index contributed by atoms with van der Waals surface area (Å²) in [7, 11) is 0. The first-order valence-electron chi connectivity index (χ1n) is 6.65. The fourth-order valence-electron chi connectivity index (χ4n) is 2.38. The Labute approximate surface area is 104 Å². The van der Waals surface area contributed by atoms with Crippen LogP contribution in [0.25, 0.3) is 0 Å². The lowest BCUT2D eigenvalue weighted by atomic mass is 9.84. The van der Waals surface area contributed by atoms with Crippen LogP contribution >= 0.6 is 11.8 Å². The highest BCUT2D eigenvalue weighted by molar-refractivity contribution is 7.99. The van der Waals surface area contributed by atoms with E-state index in [1.165, 1.54) is 32.1 Å². The first-order chi connectivity index (χ1) is 7.59. The van der Waals surface area contributed by atoms with Gasteiger partial charge in [-0.1, -0.05) is 46.0 Å². The van der Waals surface area contributed by atoms with E-state index in [2.05, 4.69) is 13.8 Å². The van der Waals surface area contributed by atoms with Gasteiger partial charge in [0.15, 0.2) is 0 Å². The summed E-state index contributed by atoms with van der Waals surface area (Å²) in [5.41, 5.74) is 6.07. The molecule has 2 atom stereocenters. The average Bonchev–Trinajstić information content (AvgIpc) is 2.27. The Hall–Kier alpha value is 0.270. The molecule has 0 saturated heterocycles. The molecule has 1 unspecified atom stereocenters. The highest BCUT2D eigenvalue weighted by Gasteiger charge is 2.21. The number of aliphatic hydroxyl groups is 1. The van der Waals surface area contributed by atoms with Gasteiger partial charge in [0, 0.05) is 11.8 Å². The van der Waals surface area contributed by atoms with Crippen molar-refractivity contribution < 1.29 is 5.11 Å². The van der Waals surface area contributed by atoms with Crippen molar-refractivity contribution in [3.63, 3.8) is 0 Å². The van der Waals surface area contributed by atoms with E-state index in [0.717, 1.165) is 18.1 Å². The number of hydrogen-bond donors (Lipinski definition) is 2. The molecule has 16 heavy (non-hydrogen) atoms. The SMILES string of the molecule is CC(C)SC[C@H](O)C(N)CC1CCCCC1. The molecule has 0 bridgehead atoms. The zero-order chi connectivity index (χ0) is 12.0. The van der Waals surface area contributed by atoms with Crippen LogP contribution in [0.5, 0.6) is 0 Å². The second kappa shape index (κ2) is 7.57. The van der Waals surface area contributed by atoms with Crippen molar-refractivity contribution in [3.8, 4) is 0 Å². The van der Waals surface area contributed by atoms with Crippen LogP contribution in [-0.4, -0.2) is 28.3 Å². The molecule has 2 nitrogen and oxygen atoms in total. The molecule has 0 aromatic heterocycles. The largest absolute Gasteiger partial charge is 0.391 e. The van der Waals surface area contributed by atoms with Gasteiger partial charge < -0.3 is 10.8 Å². The Morgan fingerprint density at radius 3 is 2.44 bits per heavy atom. The molecular weight excluding hydrogens is 218 g/mol. The van der Waals surface area contributed by atoms with E-state index in [1.54, 1.807) is 11.8 Å². The van der Waals surface area contributed by atoms with E-state index in [9.17, 15) is 5.11 Å². The first kappa shape index (κ1) is 14.3. The van der Waals surface area contributed by atoms with Crippen LogP contribution in [-0.2, 0) is 0 Å². The minimum atomic E-state index is -0.325. The molecule has 1 aliphatic rings. The van der Waals surface area contributed by atoms with Crippen molar-refractivity contribution in [2.75, 3.05) is 5.75 Å². The predicted molar refractivity (Wildman–Crippen MR) is 72.8 cm³/mol. The number of thioether (sulfide) groups is 1. The maximum absolute atomic E-state index is 9.95. The molecule has 1 fully saturated rings. The van der Waals surface area contributed by atoms with Gasteiger partial charge in [-0.15, -0.1) is 0 Å². The molecule has 0 amide bonds. The summed E-state index contributed by atoms with van der Waals surface area (Å²) < 4.78 is 0. The summed E-state index contributed by atoms with van der Waals surface area (Å²) in [6.45, 7) is 4.31. The second-order valence-electron chi connectivity index (χ2n) is 5.35. The molecular formula is C13H27NOS. The van der Waals surface area contributed by atoms with Crippen LogP contribution in [0.4, 0.5) is 0 Å². The maximum atomic E-state index is 9.95. The van der Waals surface area contributed by atoms with Gasteiger partial charge in [-0.25, -0.2) is 0 Å². The molecule has 3 heteroatoms. The summed E-state index contributed by atoms with van der Waals surface area (Å²) >= 11 is 1.80. The quantitative estimate of drug-likeness (QED) is 0.756.